The Morgan fingerprint density at radius 2 is 2.31 bits per heavy atom. The Morgan fingerprint density at radius 3 is 3.00 bits per heavy atom. The van der Waals surface area contributed by atoms with E-state index in [1.807, 2.05) is 29.7 Å². The van der Waals surface area contributed by atoms with Crippen molar-refractivity contribution in [1.82, 2.24) is 9.38 Å². The van der Waals surface area contributed by atoms with E-state index in [0.717, 1.165) is 21.5 Å². The Morgan fingerprint density at radius 1 is 1.54 bits per heavy atom. The zero-order chi connectivity index (χ0) is 9.42. The number of hydrogen-bond acceptors (Lipinski definition) is 2. The van der Waals surface area contributed by atoms with Crippen LogP contribution in [0.1, 0.15) is 11.4 Å². The average molecular weight is 240 g/mol. The number of halogens is 1. The normalized spacial score (nSPS) is 11.0. The van der Waals surface area contributed by atoms with Crippen LogP contribution < -0.4 is 5.73 Å². The molecule has 68 valence electrons. The lowest BCUT2D eigenvalue weighted by molar-refractivity contribution is 0.941. The number of imidazole rings is 1. The molecule has 4 heteroatoms. The van der Waals surface area contributed by atoms with E-state index < -0.39 is 0 Å². The van der Waals surface area contributed by atoms with Gasteiger partial charge in [0.15, 0.2) is 0 Å². The maximum Gasteiger partial charge on any atom is 0.137 e. The van der Waals surface area contributed by atoms with Crippen LogP contribution in [-0.2, 0) is 6.54 Å². The first-order valence-electron chi connectivity index (χ1n) is 4.05. The number of aromatic nitrogens is 2. The number of pyridine rings is 1. The molecule has 0 spiro atoms. The highest BCUT2D eigenvalue weighted by atomic mass is 79.9. The third-order valence-corrected chi connectivity index (χ3v) is 2.54. The van der Waals surface area contributed by atoms with E-state index in [1.165, 1.54) is 0 Å². The molecule has 0 aliphatic carbocycles. The van der Waals surface area contributed by atoms with E-state index in [4.69, 9.17) is 5.73 Å². The highest BCUT2D eigenvalue weighted by Crippen LogP contribution is 2.15. The second-order valence-electron chi connectivity index (χ2n) is 2.92. The van der Waals surface area contributed by atoms with Gasteiger partial charge >= 0.3 is 0 Å². The van der Waals surface area contributed by atoms with E-state index in [-0.39, 0.29) is 0 Å². The molecule has 0 unspecified atom stereocenters. The van der Waals surface area contributed by atoms with Crippen molar-refractivity contribution in [3.05, 3.63) is 34.2 Å². The summed E-state index contributed by atoms with van der Waals surface area (Å²) < 4.78 is 3.05. The zero-order valence-electron chi connectivity index (χ0n) is 7.29. The molecule has 13 heavy (non-hydrogen) atoms. The van der Waals surface area contributed by atoms with Crippen LogP contribution in [0, 0.1) is 6.92 Å². The van der Waals surface area contributed by atoms with Gasteiger partial charge < -0.3 is 10.1 Å². The van der Waals surface area contributed by atoms with Crippen LogP contribution in [0.4, 0.5) is 0 Å². The third-order valence-electron chi connectivity index (χ3n) is 2.07. The molecular formula is C9H10BrN3. The number of aryl methyl sites for hydroxylation is 1. The summed E-state index contributed by atoms with van der Waals surface area (Å²) in [6, 6.07) is 3.94. The van der Waals surface area contributed by atoms with E-state index in [0.29, 0.717) is 6.54 Å². The summed E-state index contributed by atoms with van der Waals surface area (Å²) >= 11 is 3.42. The number of hydrogen-bond donors (Lipinski definition) is 1. The largest absolute Gasteiger partial charge is 0.325 e. The van der Waals surface area contributed by atoms with E-state index in [2.05, 4.69) is 20.9 Å². The molecule has 0 aliphatic rings. The van der Waals surface area contributed by atoms with Crippen LogP contribution >= 0.6 is 15.9 Å². The molecule has 0 radical (unpaired) electrons. The van der Waals surface area contributed by atoms with Gasteiger partial charge in [-0.3, -0.25) is 0 Å². The molecule has 0 aromatic carbocycles. The number of nitrogens with two attached hydrogens (primary N) is 1. The van der Waals surface area contributed by atoms with Crippen LogP contribution in [0.2, 0.25) is 0 Å². The summed E-state index contributed by atoms with van der Waals surface area (Å²) in [6.45, 7) is 2.49. The minimum atomic E-state index is 0.517. The van der Waals surface area contributed by atoms with Crippen molar-refractivity contribution in [3.8, 4) is 0 Å². The SMILES string of the molecule is Cc1nc2ccc(Br)cn2c1CN. The van der Waals surface area contributed by atoms with Gasteiger partial charge in [-0.2, -0.15) is 0 Å². The Bertz CT molecular complexity index is 447. The lowest BCUT2D eigenvalue weighted by Gasteiger charge is -1.99. The summed E-state index contributed by atoms with van der Waals surface area (Å²) in [5.41, 5.74) is 8.65. The van der Waals surface area contributed by atoms with Gasteiger partial charge in [0.25, 0.3) is 0 Å². The highest BCUT2D eigenvalue weighted by molar-refractivity contribution is 9.10. The summed E-state index contributed by atoms with van der Waals surface area (Å²) in [4.78, 5) is 4.39. The second kappa shape index (κ2) is 3.12. The van der Waals surface area contributed by atoms with Crippen molar-refractivity contribution in [2.75, 3.05) is 0 Å². The highest BCUT2D eigenvalue weighted by Gasteiger charge is 2.05. The van der Waals surface area contributed by atoms with Crippen molar-refractivity contribution in [2.45, 2.75) is 13.5 Å². The first kappa shape index (κ1) is 8.72. The molecule has 0 fully saturated rings. The van der Waals surface area contributed by atoms with Crippen molar-refractivity contribution in [2.24, 2.45) is 5.73 Å². The fourth-order valence-corrected chi connectivity index (χ4v) is 1.77. The molecule has 0 bridgehead atoms. The van der Waals surface area contributed by atoms with Crippen LogP contribution in [0.15, 0.2) is 22.8 Å². The van der Waals surface area contributed by atoms with Gasteiger partial charge in [0.1, 0.15) is 5.65 Å². The summed E-state index contributed by atoms with van der Waals surface area (Å²) in [7, 11) is 0. The fourth-order valence-electron chi connectivity index (χ4n) is 1.43. The number of nitrogens with zero attached hydrogens (tertiary/aromatic N) is 2. The Labute approximate surface area is 84.7 Å². The third kappa shape index (κ3) is 1.36. The molecule has 2 heterocycles. The molecule has 0 saturated carbocycles. The monoisotopic (exact) mass is 239 g/mol. The molecule has 0 amide bonds. The second-order valence-corrected chi connectivity index (χ2v) is 3.84. The minimum absolute atomic E-state index is 0.517. The summed E-state index contributed by atoms with van der Waals surface area (Å²) in [5.74, 6) is 0. The van der Waals surface area contributed by atoms with Crippen molar-refractivity contribution >= 4 is 21.6 Å². The predicted octanol–water partition coefficient (Wildman–Crippen LogP) is 1.86. The average Bonchev–Trinajstić information content (AvgIpc) is 2.40. The fraction of sp³-hybridized carbons (Fsp3) is 0.222. The number of fused-ring (bicyclic) bond motifs is 1. The standard InChI is InChI=1S/C9H10BrN3/c1-6-8(4-11)13-5-7(10)2-3-9(13)12-6/h2-3,5H,4,11H2,1H3. The zero-order valence-corrected chi connectivity index (χ0v) is 8.87. The van der Waals surface area contributed by atoms with Gasteiger partial charge in [-0.05, 0) is 35.0 Å². The van der Waals surface area contributed by atoms with E-state index in [9.17, 15) is 0 Å². The molecule has 2 aromatic rings. The van der Waals surface area contributed by atoms with Crippen LogP contribution in [0.5, 0.6) is 0 Å². The molecular weight excluding hydrogens is 230 g/mol. The van der Waals surface area contributed by atoms with Gasteiger partial charge in [-0.25, -0.2) is 4.98 Å². The van der Waals surface area contributed by atoms with Crippen LogP contribution in [0.25, 0.3) is 5.65 Å². The van der Waals surface area contributed by atoms with E-state index in [1.54, 1.807) is 0 Å². The quantitative estimate of drug-likeness (QED) is 0.826. The lowest BCUT2D eigenvalue weighted by atomic mass is 10.3. The van der Waals surface area contributed by atoms with Crippen molar-refractivity contribution in [3.63, 3.8) is 0 Å². The van der Waals surface area contributed by atoms with Gasteiger partial charge in [0.2, 0.25) is 0 Å². The molecule has 3 nitrogen and oxygen atoms in total. The molecule has 2 rings (SSSR count). The molecule has 2 N–H and O–H groups in total. The maximum atomic E-state index is 5.64. The Hall–Kier alpha value is -0.870. The van der Waals surface area contributed by atoms with Crippen LogP contribution in [-0.4, -0.2) is 9.38 Å². The van der Waals surface area contributed by atoms with Crippen molar-refractivity contribution < 1.29 is 0 Å². The first-order chi connectivity index (χ1) is 6.22. The van der Waals surface area contributed by atoms with Gasteiger partial charge in [0, 0.05) is 17.2 Å². The summed E-state index contributed by atoms with van der Waals surface area (Å²) in [5, 5.41) is 0. The molecule has 0 atom stereocenters. The summed E-state index contributed by atoms with van der Waals surface area (Å²) in [6.07, 6.45) is 1.98. The van der Waals surface area contributed by atoms with Crippen molar-refractivity contribution in [1.29, 1.82) is 0 Å². The Kier molecular flexibility index (Phi) is 2.09. The topological polar surface area (TPSA) is 43.3 Å². The lowest BCUT2D eigenvalue weighted by Crippen LogP contribution is -2.02. The van der Waals surface area contributed by atoms with E-state index >= 15 is 0 Å². The Balaban J connectivity index is 2.80. The molecule has 0 aliphatic heterocycles. The van der Waals surface area contributed by atoms with Crippen LogP contribution in [0.3, 0.4) is 0 Å². The molecule has 2 aromatic heterocycles. The number of rotatable bonds is 1. The maximum absolute atomic E-state index is 5.64. The van der Waals surface area contributed by atoms with Gasteiger partial charge in [0.05, 0.1) is 11.4 Å². The first-order valence-corrected chi connectivity index (χ1v) is 4.85. The smallest absolute Gasteiger partial charge is 0.137 e. The van der Waals surface area contributed by atoms with Gasteiger partial charge in [-0.1, -0.05) is 0 Å². The minimum Gasteiger partial charge on any atom is -0.325 e. The predicted molar refractivity (Wildman–Crippen MR) is 55.5 cm³/mol. The van der Waals surface area contributed by atoms with Gasteiger partial charge in [-0.15, -0.1) is 0 Å². The molecule has 0 saturated heterocycles.